The second kappa shape index (κ2) is 8.17. The Morgan fingerprint density at radius 1 is 1.10 bits per heavy atom. The lowest BCUT2D eigenvalue weighted by atomic mass is 9.82. The minimum atomic E-state index is -0.476. The molecule has 0 radical (unpaired) electrons. The number of piperidine rings is 2. The van der Waals surface area contributed by atoms with Crippen molar-refractivity contribution in [3.05, 3.63) is 27.8 Å². The van der Waals surface area contributed by atoms with Gasteiger partial charge in [0.2, 0.25) is 0 Å². The van der Waals surface area contributed by atoms with Gasteiger partial charge in [-0.05, 0) is 37.8 Å². The highest BCUT2D eigenvalue weighted by Gasteiger charge is 2.36. The lowest BCUT2D eigenvalue weighted by molar-refractivity contribution is -0.384. The lowest BCUT2D eigenvalue weighted by Gasteiger charge is -2.42. The molecule has 2 atom stereocenters. The molecular formula is C21H30N4O4. The first-order valence-electron chi connectivity index (χ1n) is 10.2. The summed E-state index contributed by atoms with van der Waals surface area (Å²) in [5.41, 5.74) is 0.552. The molecule has 0 bridgehead atoms. The van der Waals surface area contributed by atoms with Crippen molar-refractivity contribution in [2.24, 2.45) is 10.8 Å². The predicted molar refractivity (Wildman–Crippen MR) is 111 cm³/mol. The van der Waals surface area contributed by atoms with Gasteiger partial charge in [-0.2, -0.15) is 5.26 Å². The molecule has 0 amide bonds. The molecule has 2 unspecified atom stereocenters. The molecule has 2 N–H and O–H groups in total. The molecule has 1 aromatic rings. The van der Waals surface area contributed by atoms with E-state index in [4.69, 9.17) is 0 Å². The first-order valence-corrected chi connectivity index (χ1v) is 10.2. The van der Waals surface area contributed by atoms with Crippen molar-refractivity contribution in [1.82, 2.24) is 0 Å². The zero-order chi connectivity index (χ0) is 21.2. The average molecular weight is 402 g/mol. The van der Waals surface area contributed by atoms with Gasteiger partial charge in [0.1, 0.15) is 17.3 Å². The second-order valence-corrected chi connectivity index (χ2v) is 9.22. The van der Waals surface area contributed by atoms with E-state index in [1.54, 1.807) is 6.07 Å². The molecule has 0 saturated carbocycles. The minimum absolute atomic E-state index is 0.0169. The smallest absolute Gasteiger partial charge is 0.310 e. The number of anilines is 2. The molecule has 0 spiro atoms. The maximum Gasteiger partial charge on any atom is 0.310 e. The van der Waals surface area contributed by atoms with Crippen molar-refractivity contribution in [3.63, 3.8) is 0 Å². The Morgan fingerprint density at radius 2 is 1.66 bits per heavy atom. The highest BCUT2D eigenvalue weighted by molar-refractivity contribution is 5.76. The maximum absolute atomic E-state index is 11.8. The van der Waals surface area contributed by atoms with E-state index >= 15 is 0 Å². The SMILES string of the molecule is CC1(CO)CCCN(c2cc(C#N)c([N+](=O)[O-])c(N3CCCC(C)(CO)C3)c2)C1. The van der Waals surface area contributed by atoms with Crippen molar-refractivity contribution in [3.8, 4) is 6.07 Å². The summed E-state index contributed by atoms with van der Waals surface area (Å²) >= 11 is 0. The zero-order valence-electron chi connectivity index (χ0n) is 17.2. The topological polar surface area (TPSA) is 114 Å². The number of nitrogens with zero attached hydrogens (tertiary/aromatic N) is 4. The van der Waals surface area contributed by atoms with E-state index in [0.717, 1.165) is 37.9 Å². The van der Waals surface area contributed by atoms with Gasteiger partial charge in [-0.3, -0.25) is 10.1 Å². The third-order valence-electron chi connectivity index (χ3n) is 6.41. The summed E-state index contributed by atoms with van der Waals surface area (Å²) in [6.45, 7) is 6.70. The summed E-state index contributed by atoms with van der Waals surface area (Å²) in [7, 11) is 0. The van der Waals surface area contributed by atoms with Crippen LogP contribution in [0.2, 0.25) is 0 Å². The van der Waals surface area contributed by atoms with Gasteiger partial charge in [-0.25, -0.2) is 0 Å². The fourth-order valence-corrected chi connectivity index (χ4v) is 4.62. The van der Waals surface area contributed by atoms with E-state index in [0.29, 0.717) is 25.3 Å². The summed E-state index contributed by atoms with van der Waals surface area (Å²) in [6, 6.07) is 5.42. The molecule has 29 heavy (non-hydrogen) atoms. The number of nitro benzene ring substituents is 1. The van der Waals surface area contributed by atoms with Gasteiger partial charge in [-0.1, -0.05) is 13.8 Å². The Labute approximate surface area is 171 Å². The molecule has 158 valence electrons. The Hall–Kier alpha value is -2.37. The normalized spacial score (nSPS) is 27.6. The van der Waals surface area contributed by atoms with Crippen molar-refractivity contribution < 1.29 is 15.1 Å². The molecule has 0 aromatic heterocycles. The van der Waals surface area contributed by atoms with E-state index in [9.17, 15) is 25.6 Å². The standard InChI is InChI=1S/C21H30N4O4/c1-20(14-26)5-3-7-23(12-20)17-9-16(11-22)19(25(28)29)18(10-17)24-8-4-6-21(2,13-24)15-27/h9-10,26-27H,3-8,12-15H2,1-2H3. The Kier molecular flexibility index (Phi) is 6.01. The van der Waals surface area contributed by atoms with Crippen molar-refractivity contribution >= 4 is 17.1 Å². The Morgan fingerprint density at radius 3 is 2.17 bits per heavy atom. The van der Waals surface area contributed by atoms with E-state index in [-0.39, 0.29) is 35.3 Å². The molecule has 2 saturated heterocycles. The van der Waals surface area contributed by atoms with E-state index in [1.165, 1.54) is 0 Å². The van der Waals surface area contributed by atoms with Gasteiger partial charge in [0.15, 0.2) is 0 Å². The first kappa shape index (κ1) is 21.3. The summed E-state index contributed by atoms with van der Waals surface area (Å²) < 4.78 is 0. The van der Waals surface area contributed by atoms with Crippen LogP contribution in [0.1, 0.15) is 45.1 Å². The van der Waals surface area contributed by atoms with E-state index < -0.39 is 4.92 Å². The average Bonchev–Trinajstić information content (AvgIpc) is 2.72. The highest BCUT2D eigenvalue weighted by Crippen LogP contribution is 2.41. The van der Waals surface area contributed by atoms with Crippen molar-refractivity contribution in [2.45, 2.75) is 39.5 Å². The first-order chi connectivity index (χ1) is 13.7. The molecule has 0 aliphatic carbocycles. The summed E-state index contributed by atoms with van der Waals surface area (Å²) in [6.07, 6.45) is 3.52. The predicted octanol–water partition coefficient (Wildman–Crippen LogP) is 2.66. The monoisotopic (exact) mass is 402 g/mol. The molecule has 2 aliphatic heterocycles. The van der Waals surface area contributed by atoms with E-state index in [2.05, 4.69) is 4.90 Å². The number of aliphatic hydroxyl groups excluding tert-OH is 2. The van der Waals surface area contributed by atoms with Crippen LogP contribution in [0.3, 0.4) is 0 Å². The van der Waals surface area contributed by atoms with Crippen LogP contribution < -0.4 is 9.80 Å². The number of benzene rings is 1. The van der Waals surface area contributed by atoms with Crippen LogP contribution in [0, 0.1) is 32.3 Å². The van der Waals surface area contributed by atoms with E-state index in [1.807, 2.05) is 30.9 Å². The van der Waals surface area contributed by atoms with Crippen LogP contribution in [0.25, 0.3) is 0 Å². The number of rotatable bonds is 5. The van der Waals surface area contributed by atoms with Crippen LogP contribution in [-0.2, 0) is 0 Å². The van der Waals surface area contributed by atoms with Gasteiger partial charge >= 0.3 is 5.69 Å². The van der Waals surface area contributed by atoms with Crippen LogP contribution >= 0.6 is 0 Å². The van der Waals surface area contributed by atoms with Crippen molar-refractivity contribution in [1.29, 1.82) is 5.26 Å². The largest absolute Gasteiger partial charge is 0.396 e. The number of nitriles is 1. The Balaban J connectivity index is 2.06. The third-order valence-corrected chi connectivity index (χ3v) is 6.41. The molecule has 2 aliphatic rings. The molecule has 1 aromatic carbocycles. The molecule has 8 nitrogen and oxygen atoms in total. The van der Waals surface area contributed by atoms with Crippen LogP contribution in [0.5, 0.6) is 0 Å². The van der Waals surface area contributed by atoms with Crippen molar-refractivity contribution in [2.75, 3.05) is 49.2 Å². The number of hydrogen-bond donors (Lipinski definition) is 2. The fourth-order valence-electron chi connectivity index (χ4n) is 4.62. The molecular weight excluding hydrogens is 372 g/mol. The number of aliphatic hydroxyl groups is 2. The minimum Gasteiger partial charge on any atom is -0.396 e. The fraction of sp³-hybridized carbons (Fsp3) is 0.667. The second-order valence-electron chi connectivity index (χ2n) is 9.22. The Bertz CT molecular complexity index is 824. The quantitative estimate of drug-likeness (QED) is 0.575. The lowest BCUT2D eigenvalue weighted by Crippen LogP contribution is -2.45. The van der Waals surface area contributed by atoms with Gasteiger partial charge in [-0.15, -0.1) is 0 Å². The number of nitro groups is 1. The van der Waals surface area contributed by atoms with Gasteiger partial charge in [0.25, 0.3) is 0 Å². The zero-order valence-corrected chi connectivity index (χ0v) is 17.2. The highest BCUT2D eigenvalue weighted by atomic mass is 16.6. The van der Waals surface area contributed by atoms with Gasteiger partial charge < -0.3 is 20.0 Å². The van der Waals surface area contributed by atoms with Crippen LogP contribution in [0.4, 0.5) is 17.1 Å². The molecule has 2 heterocycles. The maximum atomic E-state index is 11.8. The summed E-state index contributed by atoms with van der Waals surface area (Å²) in [4.78, 5) is 15.4. The van der Waals surface area contributed by atoms with Gasteiger partial charge in [0, 0.05) is 42.7 Å². The summed E-state index contributed by atoms with van der Waals surface area (Å²) in [5.74, 6) is 0. The third kappa shape index (κ3) is 4.31. The number of hydrogen-bond acceptors (Lipinski definition) is 7. The molecule has 2 fully saturated rings. The molecule has 3 rings (SSSR count). The van der Waals surface area contributed by atoms with Crippen LogP contribution in [-0.4, -0.2) is 54.5 Å². The molecule has 8 heteroatoms. The summed E-state index contributed by atoms with van der Waals surface area (Å²) in [5, 5.41) is 41.1. The van der Waals surface area contributed by atoms with Gasteiger partial charge in [0.05, 0.1) is 18.1 Å². The van der Waals surface area contributed by atoms with Crippen LogP contribution in [0.15, 0.2) is 12.1 Å².